The van der Waals surface area contributed by atoms with Gasteiger partial charge >= 0.3 is 10.1 Å². The fraction of sp³-hybridized carbons (Fsp3) is 0.120. The second kappa shape index (κ2) is 11.4. The lowest BCUT2D eigenvalue weighted by Gasteiger charge is -2.14. The summed E-state index contributed by atoms with van der Waals surface area (Å²) in [5, 5.41) is 0.181. The number of benzene rings is 3. The van der Waals surface area contributed by atoms with Crippen LogP contribution in [0.3, 0.4) is 0 Å². The van der Waals surface area contributed by atoms with Crippen molar-refractivity contribution in [1.82, 2.24) is 4.90 Å². The van der Waals surface area contributed by atoms with Crippen molar-refractivity contribution in [3.8, 4) is 11.5 Å². The van der Waals surface area contributed by atoms with E-state index in [4.69, 9.17) is 43.7 Å². The van der Waals surface area contributed by atoms with Gasteiger partial charge < -0.3 is 8.92 Å². The first-order valence-electron chi connectivity index (χ1n) is 10.7. The molecular formula is C25H18Cl3NO6S2. The number of carbonyl (C=O) groups excluding carboxylic acids is 2. The molecule has 0 atom stereocenters. The summed E-state index contributed by atoms with van der Waals surface area (Å²) in [4.78, 5) is 26.7. The van der Waals surface area contributed by atoms with Crippen molar-refractivity contribution >= 4 is 73.9 Å². The number of halogens is 3. The van der Waals surface area contributed by atoms with E-state index >= 15 is 0 Å². The van der Waals surface area contributed by atoms with E-state index < -0.39 is 21.3 Å². The van der Waals surface area contributed by atoms with Gasteiger partial charge in [-0.3, -0.25) is 14.5 Å². The van der Waals surface area contributed by atoms with Crippen LogP contribution in [0.1, 0.15) is 18.1 Å². The van der Waals surface area contributed by atoms with E-state index in [1.54, 1.807) is 43.3 Å². The number of ether oxygens (including phenoxy) is 1. The molecule has 7 nitrogen and oxygen atoms in total. The number of amides is 2. The topological polar surface area (TPSA) is 90.0 Å². The van der Waals surface area contributed by atoms with Crippen LogP contribution in [0.15, 0.2) is 70.5 Å². The smallest absolute Gasteiger partial charge is 0.339 e. The van der Waals surface area contributed by atoms with Gasteiger partial charge in [-0.25, -0.2) is 0 Å². The predicted molar refractivity (Wildman–Crippen MR) is 145 cm³/mol. The highest BCUT2D eigenvalue weighted by atomic mass is 35.5. The SMILES string of the molecule is CCOc1cc(/C=C2\SC(=O)N(Cc3ccc(Cl)c(Cl)c3)C2=O)cc(Cl)c1OS(=O)(=O)c1ccccc1. The standard InChI is InChI=1S/C25H18Cl3NO6S2/c1-2-34-21-12-16(11-20(28)23(21)35-37(32,33)17-6-4-3-5-7-17)13-22-24(30)29(25(31)36-22)14-15-8-9-18(26)19(27)10-15/h3-13H,2,14H2,1H3/b22-13-. The second-order valence-electron chi connectivity index (χ2n) is 7.63. The Labute approximate surface area is 233 Å². The summed E-state index contributed by atoms with van der Waals surface area (Å²) < 4.78 is 36.3. The van der Waals surface area contributed by atoms with Crippen molar-refractivity contribution in [1.29, 1.82) is 0 Å². The molecular weight excluding hydrogens is 581 g/mol. The van der Waals surface area contributed by atoms with Crippen molar-refractivity contribution in [2.24, 2.45) is 0 Å². The summed E-state index contributed by atoms with van der Waals surface area (Å²) >= 11 is 19.1. The monoisotopic (exact) mass is 597 g/mol. The number of nitrogens with zero attached hydrogens (tertiary/aromatic N) is 1. The van der Waals surface area contributed by atoms with Crippen molar-refractivity contribution < 1.29 is 26.9 Å². The number of hydrogen-bond donors (Lipinski definition) is 0. The third-order valence-corrected chi connectivity index (χ3v) is 8.22. The van der Waals surface area contributed by atoms with Gasteiger partial charge in [-0.05, 0) is 72.3 Å². The van der Waals surface area contributed by atoms with E-state index in [9.17, 15) is 18.0 Å². The number of imide groups is 1. The molecule has 0 N–H and O–H groups in total. The first kappa shape index (κ1) is 27.3. The quantitative estimate of drug-likeness (QED) is 0.203. The summed E-state index contributed by atoms with van der Waals surface area (Å²) in [6.45, 7) is 1.93. The number of hydrogen-bond acceptors (Lipinski definition) is 7. The minimum Gasteiger partial charge on any atom is -0.490 e. The molecule has 192 valence electrons. The van der Waals surface area contributed by atoms with Crippen LogP contribution < -0.4 is 8.92 Å². The van der Waals surface area contributed by atoms with Gasteiger partial charge in [0.25, 0.3) is 11.1 Å². The molecule has 12 heteroatoms. The highest BCUT2D eigenvalue weighted by molar-refractivity contribution is 8.18. The van der Waals surface area contributed by atoms with Gasteiger partial charge in [-0.15, -0.1) is 0 Å². The Morgan fingerprint density at radius 1 is 0.946 bits per heavy atom. The molecule has 0 saturated carbocycles. The molecule has 0 spiro atoms. The van der Waals surface area contributed by atoms with Gasteiger partial charge in [0.2, 0.25) is 5.75 Å². The molecule has 1 fully saturated rings. The minimum absolute atomic E-state index is 0.0218. The summed E-state index contributed by atoms with van der Waals surface area (Å²) in [5.74, 6) is -0.616. The zero-order valence-corrected chi connectivity index (χ0v) is 23.0. The molecule has 1 heterocycles. The Kier molecular flexibility index (Phi) is 8.40. The van der Waals surface area contributed by atoms with Crippen LogP contribution in [-0.4, -0.2) is 31.1 Å². The summed E-state index contributed by atoms with van der Waals surface area (Å²) in [6.07, 6.45) is 1.48. The fourth-order valence-corrected chi connectivity index (χ4v) is 5.81. The average Bonchev–Trinajstić information content (AvgIpc) is 3.11. The van der Waals surface area contributed by atoms with Crippen LogP contribution in [0.5, 0.6) is 11.5 Å². The first-order chi connectivity index (χ1) is 17.6. The Morgan fingerprint density at radius 2 is 1.68 bits per heavy atom. The molecule has 37 heavy (non-hydrogen) atoms. The Balaban J connectivity index is 1.61. The maximum atomic E-state index is 13.0. The van der Waals surface area contributed by atoms with Gasteiger partial charge in [0.05, 0.1) is 33.1 Å². The molecule has 0 aromatic heterocycles. The molecule has 0 aliphatic carbocycles. The van der Waals surface area contributed by atoms with Crippen LogP contribution in [0, 0.1) is 0 Å². The molecule has 1 aliphatic heterocycles. The van der Waals surface area contributed by atoms with Crippen molar-refractivity contribution in [3.05, 3.63) is 91.8 Å². The lowest BCUT2D eigenvalue weighted by atomic mass is 10.1. The number of rotatable bonds is 8. The van der Waals surface area contributed by atoms with E-state index in [0.717, 1.165) is 16.7 Å². The highest BCUT2D eigenvalue weighted by Gasteiger charge is 2.35. The van der Waals surface area contributed by atoms with E-state index in [-0.39, 0.29) is 39.5 Å². The first-order valence-corrected chi connectivity index (χ1v) is 14.1. The number of thioether (sulfide) groups is 1. The average molecular weight is 599 g/mol. The Morgan fingerprint density at radius 3 is 2.35 bits per heavy atom. The third-order valence-electron chi connectivity index (χ3n) is 5.05. The largest absolute Gasteiger partial charge is 0.490 e. The Bertz CT molecular complexity index is 1510. The van der Waals surface area contributed by atoms with E-state index in [0.29, 0.717) is 21.2 Å². The number of carbonyl (C=O) groups is 2. The minimum atomic E-state index is -4.18. The summed E-state index contributed by atoms with van der Waals surface area (Å²) in [7, 11) is -4.18. The third kappa shape index (κ3) is 6.25. The Hall–Kier alpha value is -2.69. The zero-order valence-electron chi connectivity index (χ0n) is 19.1. The van der Waals surface area contributed by atoms with E-state index in [2.05, 4.69) is 0 Å². The van der Waals surface area contributed by atoms with Crippen molar-refractivity contribution in [3.63, 3.8) is 0 Å². The van der Waals surface area contributed by atoms with Gasteiger partial charge in [-0.2, -0.15) is 8.42 Å². The van der Waals surface area contributed by atoms with Crippen LogP contribution in [0.4, 0.5) is 4.79 Å². The molecule has 0 radical (unpaired) electrons. The molecule has 2 amide bonds. The van der Waals surface area contributed by atoms with Gasteiger partial charge in [0, 0.05) is 0 Å². The predicted octanol–water partition coefficient (Wildman–Crippen LogP) is 7.05. The zero-order chi connectivity index (χ0) is 26.7. The molecule has 3 aromatic rings. The summed E-state index contributed by atoms with van der Waals surface area (Å²) in [5.41, 5.74) is 1.05. The fourth-order valence-electron chi connectivity index (χ4n) is 3.37. The normalized spacial score (nSPS) is 14.9. The van der Waals surface area contributed by atoms with Crippen LogP contribution >= 0.6 is 46.6 Å². The second-order valence-corrected chi connectivity index (χ2v) is 11.4. The summed E-state index contributed by atoms with van der Waals surface area (Å²) in [6, 6.07) is 15.4. The van der Waals surface area contributed by atoms with E-state index in [1.165, 1.54) is 30.3 Å². The molecule has 0 unspecified atom stereocenters. The maximum absolute atomic E-state index is 13.0. The van der Waals surface area contributed by atoms with Gasteiger partial charge in [0.1, 0.15) is 4.90 Å². The molecule has 0 bridgehead atoms. The lowest BCUT2D eigenvalue weighted by Crippen LogP contribution is -2.27. The molecule has 4 rings (SSSR count). The molecule has 3 aromatic carbocycles. The molecule has 1 saturated heterocycles. The maximum Gasteiger partial charge on any atom is 0.339 e. The van der Waals surface area contributed by atoms with E-state index in [1.807, 2.05) is 0 Å². The lowest BCUT2D eigenvalue weighted by molar-refractivity contribution is -0.123. The highest BCUT2D eigenvalue weighted by Crippen LogP contribution is 2.41. The van der Waals surface area contributed by atoms with Crippen molar-refractivity contribution in [2.45, 2.75) is 18.4 Å². The van der Waals surface area contributed by atoms with Gasteiger partial charge in [-0.1, -0.05) is 59.1 Å². The van der Waals surface area contributed by atoms with Crippen molar-refractivity contribution in [2.75, 3.05) is 6.61 Å². The van der Waals surface area contributed by atoms with Crippen LogP contribution in [-0.2, 0) is 21.5 Å². The molecule has 1 aliphatic rings. The van der Waals surface area contributed by atoms with Crippen LogP contribution in [0.2, 0.25) is 15.1 Å². The van der Waals surface area contributed by atoms with Gasteiger partial charge in [0.15, 0.2) is 5.75 Å². The van der Waals surface area contributed by atoms with Crippen LogP contribution in [0.25, 0.3) is 6.08 Å².